The molecule has 0 saturated carbocycles. The molecule has 0 radical (unpaired) electrons. The Bertz CT molecular complexity index is 724. The van der Waals surface area contributed by atoms with Crippen molar-refractivity contribution in [2.24, 2.45) is 0 Å². The lowest BCUT2D eigenvalue weighted by molar-refractivity contribution is 0.0868. The van der Waals surface area contributed by atoms with Gasteiger partial charge in [-0.15, -0.1) is 0 Å². The van der Waals surface area contributed by atoms with Gasteiger partial charge in [-0.2, -0.15) is 0 Å². The molecule has 25 heavy (non-hydrogen) atoms. The highest BCUT2D eigenvalue weighted by molar-refractivity contribution is 5.90. The van der Waals surface area contributed by atoms with E-state index in [0.29, 0.717) is 44.2 Å². The van der Waals surface area contributed by atoms with Crippen LogP contribution >= 0.6 is 0 Å². The van der Waals surface area contributed by atoms with Gasteiger partial charge in [0.05, 0.1) is 12.8 Å². The fraction of sp³-hybridized carbons (Fsp3) is 0.353. The number of hydrogen-bond donors (Lipinski definition) is 1. The molecule has 1 aliphatic rings. The topological polar surface area (TPSA) is 87.9 Å². The Morgan fingerprint density at radius 3 is 2.68 bits per heavy atom. The smallest absolute Gasteiger partial charge is 0.409 e. The molecule has 0 bridgehead atoms. The molecule has 8 nitrogen and oxygen atoms in total. The van der Waals surface area contributed by atoms with Crippen LogP contribution < -0.4 is 5.32 Å². The van der Waals surface area contributed by atoms with Crippen molar-refractivity contribution < 1.29 is 18.7 Å². The van der Waals surface area contributed by atoms with Crippen molar-refractivity contribution >= 4 is 17.8 Å². The van der Waals surface area contributed by atoms with Gasteiger partial charge in [0.25, 0.3) is 0 Å². The highest BCUT2D eigenvalue weighted by Crippen LogP contribution is 2.22. The summed E-state index contributed by atoms with van der Waals surface area (Å²) >= 11 is 0. The van der Waals surface area contributed by atoms with E-state index in [1.165, 1.54) is 6.39 Å². The third-order valence-corrected chi connectivity index (χ3v) is 3.92. The molecule has 2 aromatic rings. The number of urea groups is 1. The van der Waals surface area contributed by atoms with Crippen LogP contribution in [0.2, 0.25) is 0 Å². The number of anilines is 1. The van der Waals surface area contributed by atoms with E-state index in [-0.39, 0.29) is 12.1 Å². The van der Waals surface area contributed by atoms with Crippen LogP contribution in [0.5, 0.6) is 0 Å². The second-order valence-electron chi connectivity index (χ2n) is 5.55. The second-order valence-corrected chi connectivity index (χ2v) is 5.55. The molecule has 0 unspecified atom stereocenters. The predicted octanol–water partition coefficient (Wildman–Crippen LogP) is 2.65. The Balaban J connectivity index is 1.57. The van der Waals surface area contributed by atoms with Gasteiger partial charge in [0.1, 0.15) is 0 Å². The quantitative estimate of drug-likeness (QED) is 0.925. The molecule has 0 spiro atoms. The lowest BCUT2D eigenvalue weighted by Gasteiger charge is -2.34. The van der Waals surface area contributed by atoms with Crippen molar-refractivity contribution in [2.75, 3.05) is 38.1 Å². The van der Waals surface area contributed by atoms with E-state index < -0.39 is 0 Å². The van der Waals surface area contributed by atoms with Gasteiger partial charge in [-0.1, -0.05) is 12.1 Å². The average Bonchev–Trinajstić information content (AvgIpc) is 3.17. The normalized spacial score (nSPS) is 14.3. The maximum Gasteiger partial charge on any atom is 0.409 e. The number of nitrogens with one attached hydrogen (secondary N) is 1. The summed E-state index contributed by atoms with van der Waals surface area (Å²) in [6, 6.07) is 7.17. The van der Waals surface area contributed by atoms with Crippen molar-refractivity contribution in [3.05, 3.63) is 36.9 Å². The molecule has 1 aromatic carbocycles. The molecule has 1 aromatic heterocycles. The predicted molar refractivity (Wildman–Crippen MR) is 91.1 cm³/mol. The van der Waals surface area contributed by atoms with Crippen LogP contribution in [-0.4, -0.2) is 59.7 Å². The number of rotatable bonds is 3. The van der Waals surface area contributed by atoms with Crippen LogP contribution in [0.4, 0.5) is 15.3 Å². The summed E-state index contributed by atoms with van der Waals surface area (Å²) < 4.78 is 10.2. The van der Waals surface area contributed by atoms with E-state index in [1.54, 1.807) is 22.9 Å². The average molecular weight is 344 g/mol. The lowest BCUT2D eigenvalue weighted by atomic mass is 10.1. The molecular formula is C17H20N4O4. The maximum absolute atomic E-state index is 12.4. The lowest BCUT2D eigenvalue weighted by Crippen LogP contribution is -2.51. The highest BCUT2D eigenvalue weighted by atomic mass is 16.6. The van der Waals surface area contributed by atoms with Crippen molar-refractivity contribution in [1.29, 1.82) is 0 Å². The largest absolute Gasteiger partial charge is 0.450 e. The number of piperazine rings is 1. The molecule has 8 heteroatoms. The Labute approximate surface area is 145 Å². The van der Waals surface area contributed by atoms with Gasteiger partial charge in [-0.05, 0) is 19.1 Å². The number of hydrogen-bond acceptors (Lipinski definition) is 5. The summed E-state index contributed by atoms with van der Waals surface area (Å²) in [4.78, 5) is 31.3. The van der Waals surface area contributed by atoms with Gasteiger partial charge in [0.2, 0.25) is 0 Å². The number of aromatic nitrogens is 1. The van der Waals surface area contributed by atoms with Crippen LogP contribution in [0, 0.1) is 0 Å². The summed E-state index contributed by atoms with van der Waals surface area (Å²) in [5, 5.41) is 2.87. The molecule has 132 valence electrons. The zero-order chi connectivity index (χ0) is 17.6. The SMILES string of the molecule is CCOC(=O)N1CCN(C(=O)Nc2cccc(-c3cnco3)c2)CC1. The summed E-state index contributed by atoms with van der Waals surface area (Å²) in [6.07, 6.45) is 2.65. The van der Waals surface area contributed by atoms with Gasteiger partial charge >= 0.3 is 12.1 Å². The van der Waals surface area contributed by atoms with Gasteiger partial charge in [0.15, 0.2) is 12.2 Å². The number of nitrogens with zero attached hydrogens (tertiary/aromatic N) is 3. The molecule has 1 aliphatic heterocycles. The Morgan fingerprint density at radius 2 is 2.00 bits per heavy atom. The van der Waals surface area contributed by atoms with E-state index in [0.717, 1.165) is 5.56 Å². The minimum atomic E-state index is -0.331. The van der Waals surface area contributed by atoms with Crippen LogP contribution in [0.15, 0.2) is 41.3 Å². The number of amides is 3. The number of benzene rings is 1. The Hall–Kier alpha value is -3.03. The number of carbonyl (C=O) groups is 2. The van der Waals surface area contributed by atoms with Crippen molar-refractivity contribution in [3.8, 4) is 11.3 Å². The molecule has 1 N–H and O–H groups in total. The first kappa shape index (κ1) is 16.8. The molecule has 3 rings (SSSR count). The van der Waals surface area contributed by atoms with Crippen molar-refractivity contribution in [3.63, 3.8) is 0 Å². The molecule has 1 saturated heterocycles. The number of carbonyl (C=O) groups excluding carboxylic acids is 2. The minimum absolute atomic E-state index is 0.196. The third-order valence-electron chi connectivity index (χ3n) is 3.92. The highest BCUT2D eigenvalue weighted by Gasteiger charge is 2.24. The van der Waals surface area contributed by atoms with E-state index in [4.69, 9.17) is 9.15 Å². The van der Waals surface area contributed by atoms with Crippen molar-refractivity contribution in [2.45, 2.75) is 6.92 Å². The molecule has 0 aliphatic carbocycles. The number of oxazole rings is 1. The minimum Gasteiger partial charge on any atom is -0.450 e. The van der Waals surface area contributed by atoms with Gasteiger partial charge < -0.3 is 24.3 Å². The molecule has 3 amide bonds. The first-order valence-corrected chi connectivity index (χ1v) is 8.14. The molecule has 0 atom stereocenters. The first-order valence-electron chi connectivity index (χ1n) is 8.14. The van der Waals surface area contributed by atoms with E-state index in [9.17, 15) is 9.59 Å². The summed E-state index contributed by atoms with van der Waals surface area (Å²) in [7, 11) is 0. The number of ether oxygens (including phenoxy) is 1. The monoisotopic (exact) mass is 344 g/mol. The van der Waals surface area contributed by atoms with Crippen LogP contribution in [0.1, 0.15) is 6.92 Å². The first-order chi connectivity index (χ1) is 12.2. The fourth-order valence-electron chi connectivity index (χ4n) is 2.62. The zero-order valence-corrected chi connectivity index (χ0v) is 14.0. The molecule has 1 fully saturated rings. The van der Waals surface area contributed by atoms with Gasteiger partial charge in [-0.25, -0.2) is 14.6 Å². The standard InChI is InChI=1S/C17H20N4O4/c1-2-24-17(23)21-8-6-20(7-9-21)16(22)19-14-5-3-4-13(10-14)15-11-18-12-25-15/h3-5,10-12H,2,6-9H2,1H3,(H,19,22). The van der Waals surface area contributed by atoms with Crippen LogP contribution in [-0.2, 0) is 4.74 Å². The summed E-state index contributed by atoms with van der Waals surface area (Å²) in [5.41, 5.74) is 1.51. The van der Waals surface area contributed by atoms with Gasteiger partial charge in [0, 0.05) is 37.4 Å². The maximum atomic E-state index is 12.4. The van der Waals surface area contributed by atoms with E-state index in [2.05, 4.69) is 10.3 Å². The summed E-state index contributed by atoms with van der Waals surface area (Å²) in [6.45, 7) is 3.98. The van der Waals surface area contributed by atoms with E-state index in [1.807, 2.05) is 24.3 Å². The van der Waals surface area contributed by atoms with Crippen LogP contribution in [0.25, 0.3) is 11.3 Å². The van der Waals surface area contributed by atoms with Gasteiger partial charge in [-0.3, -0.25) is 0 Å². The molecular weight excluding hydrogens is 324 g/mol. The van der Waals surface area contributed by atoms with E-state index >= 15 is 0 Å². The van der Waals surface area contributed by atoms with Crippen molar-refractivity contribution in [1.82, 2.24) is 14.8 Å². The third kappa shape index (κ3) is 4.09. The Morgan fingerprint density at radius 1 is 1.24 bits per heavy atom. The van der Waals surface area contributed by atoms with Crippen LogP contribution in [0.3, 0.4) is 0 Å². The zero-order valence-electron chi connectivity index (χ0n) is 14.0. The molecule has 2 heterocycles. The fourth-order valence-corrected chi connectivity index (χ4v) is 2.62. The Kier molecular flexibility index (Phi) is 5.17. The summed E-state index contributed by atoms with van der Waals surface area (Å²) in [5.74, 6) is 0.638. The second kappa shape index (κ2) is 7.69.